The minimum Gasteiger partial charge on any atom is -0.392 e. The third kappa shape index (κ3) is 4.82. The molecule has 0 bridgehead atoms. The third-order valence-corrected chi connectivity index (χ3v) is 3.03. The van der Waals surface area contributed by atoms with Gasteiger partial charge in [0.2, 0.25) is 0 Å². The van der Waals surface area contributed by atoms with Gasteiger partial charge in [0.05, 0.1) is 12.3 Å². The largest absolute Gasteiger partial charge is 0.392 e. The van der Waals surface area contributed by atoms with Gasteiger partial charge in [-0.1, -0.05) is 30.3 Å². The van der Waals surface area contributed by atoms with Crippen LogP contribution in [0.2, 0.25) is 0 Å². The van der Waals surface area contributed by atoms with Crippen LogP contribution in [-0.2, 0) is 0 Å². The van der Waals surface area contributed by atoms with Gasteiger partial charge >= 0.3 is 0 Å². The van der Waals surface area contributed by atoms with Crippen LogP contribution in [0.3, 0.4) is 0 Å². The summed E-state index contributed by atoms with van der Waals surface area (Å²) >= 11 is 0. The fourth-order valence-electron chi connectivity index (χ4n) is 1.97. The number of aliphatic hydroxyl groups is 1. The fraction of sp³-hybridized carbons (Fsp3) is 0.312. The van der Waals surface area contributed by atoms with E-state index in [1.165, 1.54) is 0 Å². The number of anilines is 2. The molecule has 2 rings (SSSR count). The molecule has 6 nitrogen and oxygen atoms in total. The molecule has 1 aromatic carbocycles. The first kappa shape index (κ1) is 15.9. The second kappa shape index (κ2) is 8.09. The van der Waals surface area contributed by atoms with Crippen LogP contribution < -0.4 is 10.3 Å². The molecule has 0 radical (unpaired) electrons. The summed E-state index contributed by atoms with van der Waals surface area (Å²) in [6, 6.07) is 13.5. The van der Waals surface area contributed by atoms with Crippen LogP contribution in [0, 0.1) is 0 Å². The van der Waals surface area contributed by atoms with E-state index in [2.05, 4.69) is 20.7 Å². The van der Waals surface area contributed by atoms with Gasteiger partial charge in [-0.2, -0.15) is 5.10 Å². The number of aliphatic hydroxyl groups excluding tert-OH is 1. The Morgan fingerprint density at radius 2 is 2.00 bits per heavy atom. The number of rotatable bonds is 7. The maximum absolute atomic E-state index is 9.47. The minimum absolute atomic E-state index is 0.407. The predicted molar refractivity (Wildman–Crippen MR) is 89.3 cm³/mol. The average Bonchev–Trinajstić information content (AvgIpc) is 2.54. The van der Waals surface area contributed by atoms with Crippen molar-refractivity contribution in [2.45, 2.75) is 20.0 Å². The van der Waals surface area contributed by atoms with Crippen LogP contribution in [0.25, 0.3) is 0 Å². The van der Waals surface area contributed by atoms with Crippen molar-refractivity contribution in [1.29, 1.82) is 0 Å². The maximum Gasteiger partial charge on any atom is 0.168 e. The van der Waals surface area contributed by atoms with Crippen LogP contribution in [0.4, 0.5) is 11.6 Å². The summed E-state index contributed by atoms with van der Waals surface area (Å²) in [6.45, 7) is 5.06. The summed E-state index contributed by atoms with van der Waals surface area (Å²) in [4.78, 5) is 1.97. The molecule has 0 amide bonds. The second-order valence-corrected chi connectivity index (χ2v) is 4.95. The van der Waals surface area contributed by atoms with E-state index in [-0.39, 0.29) is 0 Å². The zero-order valence-corrected chi connectivity index (χ0v) is 12.8. The summed E-state index contributed by atoms with van der Waals surface area (Å²) in [7, 11) is 0. The topological polar surface area (TPSA) is 73.6 Å². The minimum atomic E-state index is -0.407. The van der Waals surface area contributed by atoms with E-state index in [0.29, 0.717) is 12.4 Å². The molecule has 0 aliphatic rings. The van der Waals surface area contributed by atoms with E-state index in [4.69, 9.17) is 0 Å². The Balaban J connectivity index is 1.95. The Kier molecular flexibility index (Phi) is 5.85. The molecule has 1 atom stereocenters. The van der Waals surface area contributed by atoms with E-state index in [1.807, 2.05) is 54.3 Å². The van der Waals surface area contributed by atoms with Crippen molar-refractivity contribution >= 4 is 17.9 Å². The number of hydrogen-bond donors (Lipinski definition) is 2. The number of aromatic nitrogens is 2. The molecule has 22 heavy (non-hydrogen) atoms. The van der Waals surface area contributed by atoms with Crippen molar-refractivity contribution in [3.63, 3.8) is 0 Å². The van der Waals surface area contributed by atoms with E-state index in [1.54, 1.807) is 13.1 Å². The molecular weight excluding hydrogens is 278 g/mol. The molecule has 0 fully saturated rings. The first-order chi connectivity index (χ1) is 10.7. The van der Waals surface area contributed by atoms with Crippen LogP contribution in [0.15, 0.2) is 47.6 Å². The first-order valence-corrected chi connectivity index (χ1v) is 7.30. The molecule has 116 valence electrons. The number of nitrogens with one attached hydrogen (secondary N) is 1. The molecule has 2 aromatic rings. The molecule has 0 saturated heterocycles. The molecule has 6 heteroatoms. The van der Waals surface area contributed by atoms with Crippen LogP contribution in [-0.4, -0.2) is 40.7 Å². The smallest absolute Gasteiger partial charge is 0.168 e. The Hall–Kier alpha value is -2.47. The monoisotopic (exact) mass is 299 g/mol. The Labute approximate surface area is 130 Å². The standard InChI is InChI=1S/C16H21N5O/c1-3-21(12-13(2)22)16-10-9-15(19-20-16)18-17-11-14-7-5-4-6-8-14/h4-11,13,22H,3,12H2,1-2H3,(H,18,19)/b17-11-/t13-/m1/s1. The molecule has 0 saturated carbocycles. The molecular formula is C16H21N5O. The lowest BCUT2D eigenvalue weighted by Gasteiger charge is -2.22. The molecule has 0 aliphatic heterocycles. The van der Waals surface area contributed by atoms with Crippen molar-refractivity contribution in [3.05, 3.63) is 48.0 Å². The van der Waals surface area contributed by atoms with Crippen LogP contribution in [0.5, 0.6) is 0 Å². The lowest BCUT2D eigenvalue weighted by Crippen LogP contribution is -2.31. The van der Waals surface area contributed by atoms with Crippen LogP contribution >= 0.6 is 0 Å². The number of hydrogen-bond acceptors (Lipinski definition) is 6. The summed E-state index contributed by atoms with van der Waals surface area (Å²) in [5.41, 5.74) is 3.85. The summed E-state index contributed by atoms with van der Waals surface area (Å²) < 4.78 is 0. The molecule has 0 aliphatic carbocycles. The van der Waals surface area contributed by atoms with Crippen molar-refractivity contribution in [2.24, 2.45) is 5.10 Å². The third-order valence-electron chi connectivity index (χ3n) is 3.03. The molecule has 2 N–H and O–H groups in total. The highest BCUT2D eigenvalue weighted by Crippen LogP contribution is 2.12. The van der Waals surface area contributed by atoms with Gasteiger partial charge in [0.15, 0.2) is 11.6 Å². The first-order valence-electron chi connectivity index (χ1n) is 7.30. The molecule has 0 spiro atoms. The highest BCUT2D eigenvalue weighted by atomic mass is 16.3. The van der Waals surface area contributed by atoms with Crippen LogP contribution in [0.1, 0.15) is 19.4 Å². The van der Waals surface area contributed by atoms with Gasteiger partial charge < -0.3 is 10.0 Å². The second-order valence-electron chi connectivity index (χ2n) is 4.95. The van der Waals surface area contributed by atoms with E-state index in [9.17, 15) is 5.11 Å². The number of nitrogens with zero attached hydrogens (tertiary/aromatic N) is 4. The average molecular weight is 299 g/mol. The van der Waals surface area contributed by atoms with Gasteiger partial charge in [-0.05, 0) is 31.5 Å². The van der Waals surface area contributed by atoms with E-state index in [0.717, 1.165) is 17.9 Å². The lowest BCUT2D eigenvalue weighted by atomic mass is 10.2. The van der Waals surface area contributed by atoms with E-state index >= 15 is 0 Å². The summed E-state index contributed by atoms with van der Waals surface area (Å²) in [6.07, 6.45) is 1.32. The summed E-state index contributed by atoms with van der Waals surface area (Å²) in [5, 5.41) is 21.8. The van der Waals surface area contributed by atoms with Gasteiger partial charge in [-0.3, -0.25) is 5.43 Å². The Bertz CT molecular complexity index is 583. The number of hydrazone groups is 1. The lowest BCUT2D eigenvalue weighted by molar-refractivity contribution is 0.200. The normalized spacial score (nSPS) is 12.3. The van der Waals surface area contributed by atoms with Crippen molar-refractivity contribution in [1.82, 2.24) is 10.2 Å². The fourth-order valence-corrected chi connectivity index (χ4v) is 1.97. The SMILES string of the molecule is CCN(C[C@@H](C)O)c1ccc(N/N=C\c2ccccc2)nn1. The van der Waals surface area contributed by atoms with Gasteiger partial charge in [0, 0.05) is 13.1 Å². The van der Waals surface area contributed by atoms with Crippen molar-refractivity contribution in [2.75, 3.05) is 23.4 Å². The van der Waals surface area contributed by atoms with Crippen molar-refractivity contribution in [3.8, 4) is 0 Å². The molecule has 1 aromatic heterocycles. The quantitative estimate of drug-likeness (QED) is 0.605. The molecule has 0 unspecified atom stereocenters. The van der Waals surface area contributed by atoms with Gasteiger partial charge in [-0.25, -0.2) is 0 Å². The zero-order chi connectivity index (χ0) is 15.8. The Morgan fingerprint density at radius 1 is 1.23 bits per heavy atom. The summed E-state index contributed by atoms with van der Waals surface area (Å²) in [5.74, 6) is 1.31. The maximum atomic E-state index is 9.47. The van der Waals surface area contributed by atoms with Gasteiger partial charge in [-0.15, -0.1) is 10.2 Å². The highest BCUT2D eigenvalue weighted by molar-refractivity contribution is 5.79. The number of benzene rings is 1. The Morgan fingerprint density at radius 3 is 2.59 bits per heavy atom. The predicted octanol–water partition coefficient (Wildman–Crippen LogP) is 2.13. The zero-order valence-electron chi connectivity index (χ0n) is 12.8. The van der Waals surface area contributed by atoms with Gasteiger partial charge in [0.1, 0.15) is 0 Å². The highest BCUT2D eigenvalue weighted by Gasteiger charge is 2.09. The number of likely N-dealkylation sites (N-methyl/N-ethyl adjacent to an activating group) is 1. The van der Waals surface area contributed by atoms with Gasteiger partial charge in [0.25, 0.3) is 0 Å². The van der Waals surface area contributed by atoms with Crippen molar-refractivity contribution < 1.29 is 5.11 Å². The van der Waals surface area contributed by atoms with E-state index < -0.39 is 6.10 Å². The molecule has 1 heterocycles.